The van der Waals surface area contributed by atoms with Crippen molar-refractivity contribution in [3.8, 4) is 0 Å². The van der Waals surface area contributed by atoms with Crippen molar-refractivity contribution in [1.82, 2.24) is 14.9 Å². The first-order valence-electron chi connectivity index (χ1n) is 7.16. The van der Waals surface area contributed by atoms with E-state index < -0.39 is 0 Å². The number of hydrogen-bond donors (Lipinski definition) is 2. The topological polar surface area (TPSA) is 72.9 Å². The van der Waals surface area contributed by atoms with Crippen molar-refractivity contribution < 1.29 is 4.79 Å². The summed E-state index contributed by atoms with van der Waals surface area (Å²) in [5, 5.41) is 2.82. The summed E-state index contributed by atoms with van der Waals surface area (Å²) in [5.74, 6) is 0.777. The molecule has 0 bridgehead atoms. The zero-order valence-corrected chi connectivity index (χ0v) is 12.4. The number of carbonyl (C=O) groups excluding carboxylic acids is 1. The molecule has 3 aromatic rings. The van der Waals surface area contributed by atoms with Gasteiger partial charge in [0.25, 0.3) is 0 Å². The Morgan fingerprint density at radius 1 is 1.18 bits per heavy atom. The van der Waals surface area contributed by atoms with E-state index in [0.29, 0.717) is 13.1 Å². The number of nitrogen functional groups attached to an aromatic ring is 1. The number of nitrogens with one attached hydrogen (secondary N) is 1. The zero-order chi connectivity index (χ0) is 15.5. The van der Waals surface area contributed by atoms with Gasteiger partial charge in [-0.1, -0.05) is 24.3 Å². The van der Waals surface area contributed by atoms with Crippen LogP contribution in [0.5, 0.6) is 0 Å². The highest BCUT2D eigenvalue weighted by atomic mass is 16.1. The Balaban J connectivity index is 1.99. The van der Waals surface area contributed by atoms with Crippen LogP contribution in [0.2, 0.25) is 0 Å². The van der Waals surface area contributed by atoms with Gasteiger partial charge in [-0.25, -0.2) is 4.98 Å². The van der Waals surface area contributed by atoms with Gasteiger partial charge in [0.1, 0.15) is 5.82 Å². The number of aromatic nitrogens is 2. The third kappa shape index (κ3) is 2.93. The first-order valence-corrected chi connectivity index (χ1v) is 7.16. The molecule has 0 unspecified atom stereocenters. The summed E-state index contributed by atoms with van der Waals surface area (Å²) in [6, 6.07) is 15.8. The van der Waals surface area contributed by atoms with E-state index in [2.05, 4.69) is 14.9 Å². The molecule has 0 aliphatic carbocycles. The number of imidazole rings is 1. The number of carbonyl (C=O) groups is 1. The van der Waals surface area contributed by atoms with Crippen LogP contribution in [0.3, 0.4) is 0 Å². The fourth-order valence-corrected chi connectivity index (χ4v) is 2.45. The van der Waals surface area contributed by atoms with E-state index in [9.17, 15) is 4.79 Å². The van der Waals surface area contributed by atoms with E-state index in [4.69, 9.17) is 5.73 Å². The number of para-hydroxylation sites is 2. The Morgan fingerprint density at radius 2 is 1.91 bits per heavy atom. The molecule has 0 saturated carbocycles. The standard InChI is InChI=1S/C17H18N4O/c1-12(22)19-10-17-20-15-4-2-3-5-16(15)21(17)11-13-6-8-14(18)9-7-13/h2-9H,10-11,18H2,1H3,(H,19,22). The molecular formula is C17H18N4O. The number of amides is 1. The molecule has 112 valence electrons. The molecule has 3 rings (SSSR count). The molecule has 1 aromatic heterocycles. The van der Waals surface area contributed by atoms with Crippen LogP contribution in [0.4, 0.5) is 5.69 Å². The van der Waals surface area contributed by atoms with Gasteiger partial charge in [-0.05, 0) is 29.8 Å². The molecular weight excluding hydrogens is 276 g/mol. The fraction of sp³-hybridized carbons (Fsp3) is 0.176. The molecule has 5 nitrogen and oxygen atoms in total. The second-order valence-electron chi connectivity index (χ2n) is 5.25. The lowest BCUT2D eigenvalue weighted by Crippen LogP contribution is -2.21. The first-order chi connectivity index (χ1) is 10.6. The Kier molecular flexibility index (Phi) is 3.78. The summed E-state index contributed by atoms with van der Waals surface area (Å²) in [7, 11) is 0. The summed E-state index contributed by atoms with van der Waals surface area (Å²) in [6.07, 6.45) is 0. The second kappa shape index (κ2) is 5.89. The highest BCUT2D eigenvalue weighted by Gasteiger charge is 2.11. The van der Waals surface area contributed by atoms with Crippen LogP contribution in [-0.4, -0.2) is 15.5 Å². The largest absolute Gasteiger partial charge is 0.399 e. The van der Waals surface area contributed by atoms with E-state index in [1.807, 2.05) is 48.5 Å². The fourth-order valence-electron chi connectivity index (χ4n) is 2.45. The van der Waals surface area contributed by atoms with Gasteiger partial charge in [0.2, 0.25) is 5.91 Å². The molecule has 1 amide bonds. The smallest absolute Gasteiger partial charge is 0.217 e. The average Bonchev–Trinajstić information content (AvgIpc) is 2.85. The predicted molar refractivity (Wildman–Crippen MR) is 87.2 cm³/mol. The highest BCUT2D eigenvalue weighted by Crippen LogP contribution is 2.18. The molecule has 0 radical (unpaired) electrons. The molecule has 1 heterocycles. The van der Waals surface area contributed by atoms with Crippen LogP contribution in [0.1, 0.15) is 18.3 Å². The van der Waals surface area contributed by atoms with Crippen LogP contribution in [0, 0.1) is 0 Å². The summed E-state index contributed by atoms with van der Waals surface area (Å²) in [4.78, 5) is 15.8. The highest BCUT2D eigenvalue weighted by molar-refractivity contribution is 5.76. The summed E-state index contributed by atoms with van der Waals surface area (Å²) in [6.45, 7) is 2.61. The van der Waals surface area contributed by atoms with Gasteiger partial charge in [0, 0.05) is 19.2 Å². The maximum Gasteiger partial charge on any atom is 0.217 e. The minimum atomic E-state index is -0.0638. The lowest BCUT2D eigenvalue weighted by molar-refractivity contribution is -0.119. The predicted octanol–water partition coefficient (Wildman–Crippen LogP) is 2.30. The van der Waals surface area contributed by atoms with E-state index in [1.165, 1.54) is 6.92 Å². The molecule has 22 heavy (non-hydrogen) atoms. The Bertz CT molecular complexity index is 805. The first kappa shape index (κ1) is 14.1. The van der Waals surface area contributed by atoms with E-state index in [-0.39, 0.29) is 5.91 Å². The Labute approximate surface area is 128 Å². The minimum Gasteiger partial charge on any atom is -0.399 e. The molecule has 5 heteroatoms. The summed E-state index contributed by atoms with van der Waals surface area (Å²) >= 11 is 0. The maximum atomic E-state index is 11.2. The molecule has 0 spiro atoms. The Hall–Kier alpha value is -2.82. The van der Waals surface area contributed by atoms with Crippen LogP contribution in [-0.2, 0) is 17.9 Å². The minimum absolute atomic E-state index is 0.0638. The third-order valence-corrected chi connectivity index (χ3v) is 3.55. The molecule has 0 atom stereocenters. The van der Waals surface area contributed by atoms with Crippen molar-refractivity contribution in [1.29, 1.82) is 0 Å². The van der Waals surface area contributed by atoms with Gasteiger partial charge in [-0.3, -0.25) is 4.79 Å². The van der Waals surface area contributed by atoms with Crippen molar-refractivity contribution in [2.75, 3.05) is 5.73 Å². The van der Waals surface area contributed by atoms with Crippen molar-refractivity contribution in [2.24, 2.45) is 0 Å². The van der Waals surface area contributed by atoms with Gasteiger partial charge < -0.3 is 15.6 Å². The number of nitrogens with two attached hydrogens (primary N) is 1. The lowest BCUT2D eigenvalue weighted by atomic mass is 10.2. The lowest BCUT2D eigenvalue weighted by Gasteiger charge is -2.10. The van der Waals surface area contributed by atoms with Crippen molar-refractivity contribution in [3.63, 3.8) is 0 Å². The monoisotopic (exact) mass is 294 g/mol. The molecule has 0 aliphatic rings. The normalized spacial score (nSPS) is 10.8. The number of benzene rings is 2. The van der Waals surface area contributed by atoms with Gasteiger partial charge >= 0.3 is 0 Å². The number of hydrogen-bond acceptors (Lipinski definition) is 3. The second-order valence-corrected chi connectivity index (χ2v) is 5.25. The molecule has 0 fully saturated rings. The van der Waals surface area contributed by atoms with E-state index >= 15 is 0 Å². The Morgan fingerprint density at radius 3 is 2.64 bits per heavy atom. The number of rotatable bonds is 4. The van der Waals surface area contributed by atoms with Crippen molar-refractivity contribution in [2.45, 2.75) is 20.0 Å². The zero-order valence-electron chi connectivity index (χ0n) is 12.4. The van der Waals surface area contributed by atoms with Gasteiger partial charge in [-0.15, -0.1) is 0 Å². The molecule has 2 aromatic carbocycles. The van der Waals surface area contributed by atoms with Crippen molar-refractivity contribution in [3.05, 3.63) is 59.9 Å². The summed E-state index contributed by atoms with van der Waals surface area (Å²) in [5.41, 5.74) is 9.61. The molecule has 3 N–H and O–H groups in total. The molecule has 0 saturated heterocycles. The van der Waals surface area contributed by atoms with Gasteiger partial charge in [0.05, 0.1) is 17.6 Å². The number of anilines is 1. The van der Waals surface area contributed by atoms with Gasteiger partial charge in [-0.2, -0.15) is 0 Å². The molecule has 0 aliphatic heterocycles. The number of fused-ring (bicyclic) bond motifs is 1. The SMILES string of the molecule is CC(=O)NCc1nc2ccccc2n1Cc1ccc(N)cc1. The van der Waals surface area contributed by atoms with E-state index in [1.54, 1.807) is 0 Å². The van der Waals surface area contributed by atoms with Crippen LogP contribution >= 0.6 is 0 Å². The quantitative estimate of drug-likeness (QED) is 0.725. The third-order valence-electron chi connectivity index (χ3n) is 3.55. The van der Waals surface area contributed by atoms with Gasteiger partial charge in [0.15, 0.2) is 0 Å². The maximum absolute atomic E-state index is 11.2. The summed E-state index contributed by atoms with van der Waals surface area (Å²) < 4.78 is 2.12. The van der Waals surface area contributed by atoms with Crippen molar-refractivity contribution >= 4 is 22.6 Å². The van der Waals surface area contributed by atoms with Crippen LogP contribution in [0.15, 0.2) is 48.5 Å². The number of nitrogens with zero attached hydrogens (tertiary/aromatic N) is 2. The van der Waals surface area contributed by atoms with Crippen LogP contribution in [0.25, 0.3) is 11.0 Å². The van der Waals surface area contributed by atoms with Crippen LogP contribution < -0.4 is 11.1 Å². The average molecular weight is 294 g/mol. The van der Waals surface area contributed by atoms with E-state index in [0.717, 1.165) is 28.1 Å².